The molecule has 0 amide bonds. The normalized spacial score (nSPS) is 19.3. The fourth-order valence-corrected chi connectivity index (χ4v) is 3.49. The summed E-state index contributed by atoms with van der Waals surface area (Å²) in [5, 5.41) is 0. The average Bonchev–Trinajstić information content (AvgIpc) is 2.71. The second-order valence-electron chi connectivity index (χ2n) is 8.72. The van der Waals surface area contributed by atoms with Gasteiger partial charge in [-0.2, -0.15) is 0 Å². The molecule has 6 nitrogen and oxygen atoms in total. The predicted molar refractivity (Wildman–Crippen MR) is 114 cm³/mol. The first-order chi connectivity index (χ1) is 14.7. The Hall–Kier alpha value is -1.02. The molecule has 0 bridgehead atoms. The van der Waals surface area contributed by atoms with E-state index in [-0.39, 0.29) is 10.8 Å². The minimum absolute atomic E-state index is 0.243. The van der Waals surface area contributed by atoms with Crippen molar-refractivity contribution in [3.63, 3.8) is 0 Å². The van der Waals surface area contributed by atoms with Gasteiger partial charge in [0.2, 0.25) is 0 Å². The van der Waals surface area contributed by atoms with Crippen molar-refractivity contribution in [2.75, 3.05) is 66.1 Å². The van der Waals surface area contributed by atoms with Gasteiger partial charge >= 0.3 is 0 Å². The maximum absolute atomic E-state index is 5.76. The molecular formula is C24H38O6. The molecule has 2 aliphatic heterocycles. The molecule has 0 spiro atoms. The highest BCUT2D eigenvalue weighted by Crippen LogP contribution is 2.32. The topological polar surface area (TPSA) is 55.4 Å². The molecule has 2 aliphatic rings. The second kappa shape index (κ2) is 12.1. The first kappa shape index (κ1) is 23.6. The molecule has 170 valence electrons. The lowest BCUT2D eigenvalue weighted by Crippen LogP contribution is -2.45. The van der Waals surface area contributed by atoms with Gasteiger partial charge < -0.3 is 28.4 Å². The zero-order chi connectivity index (χ0) is 21.1. The zero-order valence-electron chi connectivity index (χ0n) is 18.7. The summed E-state index contributed by atoms with van der Waals surface area (Å²) >= 11 is 0. The first-order valence-corrected chi connectivity index (χ1v) is 11.2. The minimum Gasteiger partial charge on any atom is -0.380 e. The molecule has 0 aliphatic carbocycles. The summed E-state index contributed by atoms with van der Waals surface area (Å²) in [4.78, 5) is 0. The summed E-state index contributed by atoms with van der Waals surface area (Å²) in [5.74, 6) is 0. The molecule has 0 N–H and O–H groups in total. The van der Waals surface area contributed by atoms with Gasteiger partial charge in [0.05, 0.1) is 79.3 Å². The monoisotopic (exact) mass is 422 g/mol. The van der Waals surface area contributed by atoms with E-state index in [1.54, 1.807) is 0 Å². The van der Waals surface area contributed by atoms with E-state index < -0.39 is 0 Å². The molecule has 2 heterocycles. The summed E-state index contributed by atoms with van der Waals surface area (Å²) in [7, 11) is 0. The van der Waals surface area contributed by atoms with Crippen molar-refractivity contribution < 1.29 is 28.4 Å². The Labute approximate surface area is 181 Å². The number of rotatable bonds is 16. The number of ether oxygens (including phenoxy) is 6. The van der Waals surface area contributed by atoms with E-state index in [0.717, 1.165) is 63.6 Å². The highest BCUT2D eigenvalue weighted by Gasteiger charge is 2.37. The van der Waals surface area contributed by atoms with Crippen LogP contribution in [-0.4, -0.2) is 66.1 Å². The Morgan fingerprint density at radius 2 is 1.00 bits per heavy atom. The van der Waals surface area contributed by atoms with E-state index in [9.17, 15) is 0 Å². The second-order valence-corrected chi connectivity index (χ2v) is 8.72. The van der Waals surface area contributed by atoms with E-state index >= 15 is 0 Å². The van der Waals surface area contributed by atoms with Gasteiger partial charge in [0, 0.05) is 10.8 Å². The lowest BCUT2D eigenvalue weighted by Gasteiger charge is -2.40. The molecule has 3 rings (SSSR count). The van der Waals surface area contributed by atoms with Gasteiger partial charge in [-0.25, -0.2) is 0 Å². The van der Waals surface area contributed by atoms with Crippen LogP contribution in [0.5, 0.6) is 0 Å². The quantitative estimate of drug-likeness (QED) is 0.380. The summed E-state index contributed by atoms with van der Waals surface area (Å²) in [6.07, 6.45) is 2.21. The number of hydrogen-bond donors (Lipinski definition) is 0. The Morgan fingerprint density at radius 1 is 0.633 bits per heavy atom. The van der Waals surface area contributed by atoms with Crippen molar-refractivity contribution in [2.45, 2.75) is 39.9 Å². The summed E-state index contributed by atoms with van der Waals surface area (Å²) in [6.45, 7) is 12.9. The number of benzene rings is 1. The Morgan fingerprint density at radius 3 is 1.30 bits per heavy atom. The van der Waals surface area contributed by atoms with Gasteiger partial charge in [0.25, 0.3) is 0 Å². The summed E-state index contributed by atoms with van der Waals surface area (Å²) in [6, 6.07) is 8.37. The Balaban J connectivity index is 1.18. The van der Waals surface area contributed by atoms with E-state index in [2.05, 4.69) is 38.1 Å². The van der Waals surface area contributed by atoms with Gasteiger partial charge in [-0.3, -0.25) is 0 Å². The molecule has 0 radical (unpaired) electrons. The maximum Gasteiger partial charge on any atom is 0.0718 e. The average molecular weight is 423 g/mol. The van der Waals surface area contributed by atoms with E-state index in [1.165, 1.54) is 0 Å². The van der Waals surface area contributed by atoms with Crippen LogP contribution in [0.15, 0.2) is 24.3 Å². The molecule has 6 heteroatoms. The third kappa shape index (κ3) is 7.01. The van der Waals surface area contributed by atoms with Gasteiger partial charge in [0.1, 0.15) is 0 Å². The van der Waals surface area contributed by atoms with Crippen molar-refractivity contribution in [1.82, 2.24) is 0 Å². The third-order valence-corrected chi connectivity index (χ3v) is 6.25. The van der Waals surface area contributed by atoms with Crippen LogP contribution in [0.3, 0.4) is 0 Å². The van der Waals surface area contributed by atoms with E-state index in [0.29, 0.717) is 39.6 Å². The fraction of sp³-hybridized carbons (Fsp3) is 0.750. The van der Waals surface area contributed by atoms with Gasteiger partial charge in [0.15, 0.2) is 0 Å². The molecule has 0 saturated carbocycles. The lowest BCUT2D eigenvalue weighted by atomic mass is 9.84. The van der Waals surface area contributed by atoms with Crippen LogP contribution in [0, 0.1) is 10.8 Å². The molecule has 2 saturated heterocycles. The fourth-order valence-electron chi connectivity index (χ4n) is 3.49. The van der Waals surface area contributed by atoms with Crippen LogP contribution in [0.4, 0.5) is 0 Å². The van der Waals surface area contributed by atoms with E-state index in [4.69, 9.17) is 28.4 Å². The van der Waals surface area contributed by atoms with Crippen LogP contribution in [0.25, 0.3) is 0 Å². The smallest absolute Gasteiger partial charge is 0.0718 e. The zero-order valence-corrected chi connectivity index (χ0v) is 18.7. The molecule has 0 aromatic heterocycles. The molecule has 0 unspecified atom stereocenters. The third-order valence-electron chi connectivity index (χ3n) is 6.25. The molecule has 0 atom stereocenters. The van der Waals surface area contributed by atoms with Crippen molar-refractivity contribution in [1.29, 1.82) is 0 Å². The number of hydrogen-bond acceptors (Lipinski definition) is 6. The van der Waals surface area contributed by atoms with Crippen molar-refractivity contribution in [3.05, 3.63) is 35.4 Å². The van der Waals surface area contributed by atoms with Crippen LogP contribution < -0.4 is 0 Å². The standard InChI is InChI=1S/C24H38O6/c1-3-23(17-29-18-23)15-27-11-9-25-13-21-5-7-22(8-6-21)14-26-10-12-28-16-24(4-2)19-30-20-24/h5-8H,3-4,9-20H2,1-2H3. The van der Waals surface area contributed by atoms with Gasteiger partial charge in [-0.05, 0) is 24.0 Å². The largest absolute Gasteiger partial charge is 0.380 e. The molecule has 1 aromatic carbocycles. The van der Waals surface area contributed by atoms with Crippen LogP contribution in [0.2, 0.25) is 0 Å². The first-order valence-electron chi connectivity index (χ1n) is 11.2. The highest BCUT2D eigenvalue weighted by atomic mass is 16.5. The van der Waals surface area contributed by atoms with Crippen LogP contribution in [-0.2, 0) is 41.6 Å². The van der Waals surface area contributed by atoms with E-state index in [1.807, 2.05) is 0 Å². The highest BCUT2D eigenvalue weighted by molar-refractivity contribution is 5.21. The van der Waals surface area contributed by atoms with Crippen LogP contribution >= 0.6 is 0 Å². The minimum atomic E-state index is 0.243. The molecule has 30 heavy (non-hydrogen) atoms. The summed E-state index contributed by atoms with van der Waals surface area (Å²) < 4.78 is 33.6. The van der Waals surface area contributed by atoms with Crippen molar-refractivity contribution >= 4 is 0 Å². The van der Waals surface area contributed by atoms with Crippen molar-refractivity contribution in [3.8, 4) is 0 Å². The lowest BCUT2D eigenvalue weighted by molar-refractivity contribution is -0.153. The SMILES string of the molecule is CCC1(COCCOCc2ccc(COCCOCC3(CC)COC3)cc2)COC1. The predicted octanol–water partition coefficient (Wildman–Crippen LogP) is 3.61. The van der Waals surface area contributed by atoms with Crippen molar-refractivity contribution in [2.24, 2.45) is 10.8 Å². The van der Waals surface area contributed by atoms with Gasteiger partial charge in [-0.15, -0.1) is 0 Å². The molecule has 2 fully saturated rings. The Bertz CT molecular complexity index is 530. The van der Waals surface area contributed by atoms with Crippen LogP contribution in [0.1, 0.15) is 37.8 Å². The maximum atomic E-state index is 5.76. The summed E-state index contributed by atoms with van der Waals surface area (Å²) in [5.41, 5.74) is 2.81. The molecular weight excluding hydrogens is 384 g/mol. The van der Waals surface area contributed by atoms with Gasteiger partial charge in [-0.1, -0.05) is 38.1 Å². The Kier molecular flexibility index (Phi) is 9.56. The molecule has 1 aromatic rings.